The van der Waals surface area contributed by atoms with Crippen molar-refractivity contribution in [2.75, 3.05) is 13.1 Å². The molecule has 0 unspecified atom stereocenters. The van der Waals surface area contributed by atoms with Gasteiger partial charge in [-0.1, -0.05) is 31.0 Å². The van der Waals surface area contributed by atoms with Crippen molar-refractivity contribution >= 4 is 17.2 Å². The summed E-state index contributed by atoms with van der Waals surface area (Å²) in [5.41, 5.74) is 0.954. The number of hydrogen-bond donors (Lipinski definition) is 0. The van der Waals surface area contributed by atoms with Gasteiger partial charge in [0.05, 0.1) is 12.1 Å². The van der Waals surface area contributed by atoms with Crippen molar-refractivity contribution in [1.29, 1.82) is 0 Å². The first-order chi connectivity index (χ1) is 11.7. The van der Waals surface area contributed by atoms with Crippen molar-refractivity contribution in [3.8, 4) is 5.75 Å². The van der Waals surface area contributed by atoms with Crippen molar-refractivity contribution in [2.24, 2.45) is 0 Å². The minimum Gasteiger partial charge on any atom is -0.486 e. The molecule has 1 amide bonds. The SMILES string of the molecule is Cc1nc(COc2ccccc2)sc1CC(=O)N1CCCCCC1. The van der Waals surface area contributed by atoms with E-state index in [2.05, 4.69) is 4.98 Å². The van der Waals surface area contributed by atoms with Crippen LogP contribution in [0.2, 0.25) is 0 Å². The average Bonchev–Trinajstić information content (AvgIpc) is 2.80. The van der Waals surface area contributed by atoms with E-state index in [0.717, 1.165) is 47.3 Å². The maximum atomic E-state index is 12.5. The predicted molar refractivity (Wildman–Crippen MR) is 96.4 cm³/mol. The van der Waals surface area contributed by atoms with Gasteiger partial charge in [0.2, 0.25) is 5.91 Å². The molecule has 5 heteroatoms. The molecule has 0 radical (unpaired) electrons. The average molecular weight is 344 g/mol. The van der Waals surface area contributed by atoms with Crippen LogP contribution < -0.4 is 4.74 Å². The molecule has 24 heavy (non-hydrogen) atoms. The number of para-hydroxylation sites is 1. The molecule has 1 saturated heterocycles. The number of thiazole rings is 1. The molecule has 1 aromatic heterocycles. The highest BCUT2D eigenvalue weighted by Gasteiger charge is 2.18. The maximum Gasteiger partial charge on any atom is 0.227 e. The Bertz CT molecular complexity index is 661. The van der Waals surface area contributed by atoms with Crippen LogP contribution in [0.5, 0.6) is 5.75 Å². The van der Waals surface area contributed by atoms with Crippen molar-refractivity contribution in [2.45, 2.75) is 45.6 Å². The Morgan fingerprint density at radius 2 is 1.88 bits per heavy atom. The Morgan fingerprint density at radius 1 is 1.17 bits per heavy atom. The lowest BCUT2D eigenvalue weighted by atomic mass is 10.2. The summed E-state index contributed by atoms with van der Waals surface area (Å²) in [6.07, 6.45) is 5.21. The van der Waals surface area contributed by atoms with Gasteiger partial charge in [0.25, 0.3) is 0 Å². The quantitative estimate of drug-likeness (QED) is 0.824. The van der Waals surface area contributed by atoms with Crippen LogP contribution in [0.15, 0.2) is 30.3 Å². The zero-order valence-corrected chi connectivity index (χ0v) is 15.0. The first-order valence-corrected chi connectivity index (χ1v) is 9.45. The molecule has 0 saturated carbocycles. The molecule has 0 bridgehead atoms. The molecule has 0 N–H and O–H groups in total. The molecular weight excluding hydrogens is 320 g/mol. The van der Waals surface area contributed by atoms with Gasteiger partial charge in [0, 0.05) is 18.0 Å². The Morgan fingerprint density at radius 3 is 2.58 bits per heavy atom. The minimum atomic E-state index is 0.235. The van der Waals surface area contributed by atoms with Crippen LogP contribution in [-0.2, 0) is 17.8 Å². The monoisotopic (exact) mass is 344 g/mol. The normalized spacial score (nSPS) is 15.1. The van der Waals surface area contributed by atoms with E-state index >= 15 is 0 Å². The van der Waals surface area contributed by atoms with Crippen molar-refractivity contribution in [3.05, 3.63) is 45.9 Å². The first-order valence-electron chi connectivity index (χ1n) is 8.63. The van der Waals surface area contributed by atoms with E-state index in [4.69, 9.17) is 4.74 Å². The van der Waals surface area contributed by atoms with E-state index in [0.29, 0.717) is 13.0 Å². The van der Waals surface area contributed by atoms with Gasteiger partial charge in [-0.3, -0.25) is 4.79 Å². The molecule has 128 valence electrons. The lowest BCUT2D eigenvalue weighted by Crippen LogP contribution is -2.33. The lowest BCUT2D eigenvalue weighted by Gasteiger charge is -2.19. The second-order valence-electron chi connectivity index (χ2n) is 6.19. The second-order valence-corrected chi connectivity index (χ2v) is 7.36. The topological polar surface area (TPSA) is 42.4 Å². The van der Waals surface area contributed by atoms with Crippen LogP contribution in [0.25, 0.3) is 0 Å². The summed E-state index contributed by atoms with van der Waals surface area (Å²) < 4.78 is 5.75. The molecule has 3 rings (SSSR count). The molecule has 1 aromatic carbocycles. The highest BCUT2D eigenvalue weighted by Crippen LogP contribution is 2.22. The van der Waals surface area contributed by atoms with E-state index in [9.17, 15) is 4.79 Å². The van der Waals surface area contributed by atoms with Gasteiger partial charge in [-0.05, 0) is 31.9 Å². The van der Waals surface area contributed by atoms with Crippen molar-refractivity contribution in [3.63, 3.8) is 0 Å². The fourth-order valence-electron chi connectivity index (χ4n) is 2.95. The Kier molecular flexibility index (Phi) is 5.86. The van der Waals surface area contributed by atoms with E-state index in [1.807, 2.05) is 42.2 Å². The molecule has 1 aliphatic heterocycles. The molecule has 4 nitrogen and oxygen atoms in total. The summed E-state index contributed by atoms with van der Waals surface area (Å²) in [5, 5.41) is 0.926. The third-order valence-electron chi connectivity index (χ3n) is 4.31. The van der Waals surface area contributed by atoms with Crippen molar-refractivity contribution < 1.29 is 9.53 Å². The summed E-state index contributed by atoms with van der Waals surface area (Å²) in [5.74, 6) is 1.08. The lowest BCUT2D eigenvalue weighted by molar-refractivity contribution is -0.130. The van der Waals surface area contributed by atoms with Gasteiger partial charge in [-0.25, -0.2) is 4.98 Å². The molecule has 2 aromatic rings. The zero-order valence-electron chi connectivity index (χ0n) is 14.2. The van der Waals surface area contributed by atoms with Gasteiger partial charge in [-0.2, -0.15) is 0 Å². The van der Waals surface area contributed by atoms with E-state index in [1.165, 1.54) is 12.8 Å². The zero-order chi connectivity index (χ0) is 16.8. The predicted octanol–water partition coefficient (Wildman–Crippen LogP) is 3.98. The van der Waals surface area contributed by atoms with Gasteiger partial charge >= 0.3 is 0 Å². The Hall–Kier alpha value is -1.88. The smallest absolute Gasteiger partial charge is 0.227 e. The fraction of sp³-hybridized carbons (Fsp3) is 0.474. The van der Waals surface area contributed by atoms with E-state index < -0.39 is 0 Å². The number of aryl methyl sites for hydroxylation is 1. The summed E-state index contributed by atoms with van der Waals surface area (Å²) >= 11 is 1.59. The van der Waals surface area contributed by atoms with Crippen LogP contribution in [0.3, 0.4) is 0 Å². The summed E-state index contributed by atoms with van der Waals surface area (Å²) in [6.45, 7) is 4.24. The highest BCUT2D eigenvalue weighted by molar-refractivity contribution is 7.11. The third-order valence-corrected chi connectivity index (χ3v) is 5.44. The molecule has 0 aliphatic carbocycles. The highest BCUT2D eigenvalue weighted by atomic mass is 32.1. The van der Waals surface area contributed by atoms with Gasteiger partial charge in [0.15, 0.2) is 0 Å². The number of ether oxygens (including phenoxy) is 1. The standard InChI is InChI=1S/C19H24N2O2S/c1-15-17(13-19(22)21-11-7-2-3-8-12-21)24-18(20-15)14-23-16-9-5-4-6-10-16/h4-6,9-10H,2-3,7-8,11-14H2,1H3. The van der Waals surface area contributed by atoms with E-state index in [1.54, 1.807) is 11.3 Å². The van der Waals surface area contributed by atoms with Crippen LogP contribution in [0.4, 0.5) is 0 Å². The summed E-state index contributed by atoms with van der Waals surface area (Å²) in [6, 6.07) is 9.74. The summed E-state index contributed by atoms with van der Waals surface area (Å²) in [7, 11) is 0. The molecular formula is C19H24N2O2S. The van der Waals surface area contributed by atoms with E-state index in [-0.39, 0.29) is 5.91 Å². The molecule has 2 heterocycles. The number of amides is 1. The van der Waals surface area contributed by atoms with Crippen LogP contribution >= 0.6 is 11.3 Å². The fourth-order valence-corrected chi connectivity index (χ4v) is 3.92. The third kappa shape index (κ3) is 4.57. The number of hydrogen-bond acceptors (Lipinski definition) is 4. The summed E-state index contributed by atoms with van der Waals surface area (Å²) in [4.78, 5) is 20.2. The Balaban J connectivity index is 1.58. The van der Waals surface area contributed by atoms with Crippen LogP contribution in [-0.4, -0.2) is 28.9 Å². The number of rotatable bonds is 5. The number of carbonyl (C=O) groups excluding carboxylic acids is 1. The number of likely N-dealkylation sites (tertiary alicyclic amines) is 1. The van der Waals surface area contributed by atoms with Crippen molar-refractivity contribution in [1.82, 2.24) is 9.88 Å². The van der Waals surface area contributed by atoms with Gasteiger partial charge in [-0.15, -0.1) is 11.3 Å². The number of aromatic nitrogens is 1. The molecule has 1 aliphatic rings. The number of benzene rings is 1. The van der Waals surface area contributed by atoms with Gasteiger partial charge in [0.1, 0.15) is 17.4 Å². The van der Waals surface area contributed by atoms with Gasteiger partial charge < -0.3 is 9.64 Å². The number of carbonyl (C=O) groups is 1. The van der Waals surface area contributed by atoms with Crippen LogP contribution in [0.1, 0.15) is 41.3 Å². The largest absolute Gasteiger partial charge is 0.486 e. The Labute approximate surface area is 147 Å². The molecule has 0 spiro atoms. The molecule has 1 fully saturated rings. The second kappa shape index (κ2) is 8.29. The molecule has 0 atom stereocenters. The van der Waals surface area contributed by atoms with Crippen LogP contribution in [0, 0.1) is 6.92 Å². The first kappa shape index (κ1) is 17.0. The maximum absolute atomic E-state index is 12.5. The minimum absolute atomic E-state index is 0.235. The number of nitrogens with zero attached hydrogens (tertiary/aromatic N) is 2.